The van der Waals surface area contributed by atoms with E-state index in [2.05, 4.69) is 24.3 Å². The summed E-state index contributed by atoms with van der Waals surface area (Å²) in [6, 6.07) is 0. The van der Waals surface area contributed by atoms with E-state index in [1.165, 1.54) is 0 Å². The number of ether oxygens (including phenoxy) is 1. The van der Waals surface area contributed by atoms with Gasteiger partial charge >= 0.3 is 0 Å². The average molecular weight is 272 g/mol. The molecular formula is C13H22ClN3O. The zero-order chi connectivity index (χ0) is 13.1. The fourth-order valence-corrected chi connectivity index (χ4v) is 2.79. The predicted molar refractivity (Wildman–Crippen MR) is 72.8 cm³/mol. The second-order valence-electron chi connectivity index (χ2n) is 4.94. The van der Waals surface area contributed by atoms with Crippen molar-refractivity contribution in [2.24, 2.45) is 13.0 Å². The van der Waals surface area contributed by atoms with E-state index in [-0.39, 0.29) is 0 Å². The summed E-state index contributed by atoms with van der Waals surface area (Å²) in [5.41, 5.74) is 2.05. The molecule has 1 aromatic heterocycles. The van der Waals surface area contributed by atoms with Gasteiger partial charge in [0.2, 0.25) is 0 Å². The molecule has 2 heterocycles. The summed E-state index contributed by atoms with van der Waals surface area (Å²) >= 11 is 6.31. The number of nitrogens with zero attached hydrogens (tertiary/aromatic N) is 2. The van der Waals surface area contributed by atoms with Gasteiger partial charge in [-0.15, -0.1) is 0 Å². The number of aryl methyl sites for hydroxylation is 2. The van der Waals surface area contributed by atoms with Crippen LogP contribution >= 0.6 is 11.6 Å². The summed E-state index contributed by atoms with van der Waals surface area (Å²) in [4.78, 5) is 0. The van der Waals surface area contributed by atoms with Gasteiger partial charge in [-0.25, -0.2) is 0 Å². The van der Waals surface area contributed by atoms with Crippen molar-refractivity contribution in [3.8, 4) is 0 Å². The van der Waals surface area contributed by atoms with Gasteiger partial charge in [0.1, 0.15) is 0 Å². The van der Waals surface area contributed by atoms with Crippen LogP contribution in [0.25, 0.3) is 0 Å². The number of halogens is 1. The first-order valence-corrected chi connectivity index (χ1v) is 7.03. The molecule has 2 atom stereocenters. The van der Waals surface area contributed by atoms with Gasteiger partial charge in [-0.1, -0.05) is 18.5 Å². The highest BCUT2D eigenvalue weighted by atomic mass is 35.5. The third kappa shape index (κ3) is 2.87. The summed E-state index contributed by atoms with van der Waals surface area (Å²) in [5.74, 6) is 0.614. The Balaban J connectivity index is 1.88. The Kier molecular flexibility index (Phi) is 4.65. The monoisotopic (exact) mass is 271 g/mol. The van der Waals surface area contributed by atoms with Crippen molar-refractivity contribution >= 4 is 11.6 Å². The molecule has 0 spiro atoms. The fraction of sp³-hybridized carbons (Fsp3) is 0.769. The van der Waals surface area contributed by atoms with Crippen LogP contribution in [0, 0.1) is 5.92 Å². The smallest absolute Gasteiger partial charge is 0.0863 e. The van der Waals surface area contributed by atoms with E-state index < -0.39 is 0 Å². The summed E-state index contributed by atoms with van der Waals surface area (Å²) in [6.07, 6.45) is 2.39. The molecule has 1 aliphatic rings. The van der Waals surface area contributed by atoms with Crippen molar-refractivity contribution < 1.29 is 4.74 Å². The van der Waals surface area contributed by atoms with Crippen LogP contribution in [0.4, 0.5) is 0 Å². The molecule has 4 nitrogen and oxygen atoms in total. The summed E-state index contributed by atoms with van der Waals surface area (Å²) in [5, 5.41) is 8.69. The lowest BCUT2D eigenvalue weighted by Crippen LogP contribution is -2.27. The van der Waals surface area contributed by atoms with E-state index >= 15 is 0 Å². The van der Waals surface area contributed by atoms with Crippen LogP contribution in [0.2, 0.25) is 5.02 Å². The van der Waals surface area contributed by atoms with E-state index in [9.17, 15) is 0 Å². The van der Waals surface area contributed by atoms with Crippen LogP contribution < -0.4 is 5.32 Å². The molecule has 102 valence electrons. The van der Waals surface area contributed by atoms with Gasteiger partial charge in [-0.05, 0) is 25.7 Å². The molecule has 0 saturated carbocycles. The molecular weight excluding hydrogens is 250 g/mol. The number of aromatic nitrogens is 2. The largest absolute Gasteiger partial charge is 0.378 e. The minimum absolute atomic E-state index is 0.366. The molecule has 18 heavy (non-hydrogen) atoms. The lowest BCUT2D eigenvalue weighted by atomic mass is 10.0. The third-order valence-electron chi connectivity index (χ3n) is 3.74. The Morgan fingerprint density at radius 1 is 1.56 bits per heavy atom. The molecule has 1 fully saturated rings. The summed E-state index contributed by atoms with van der Waals surface area (Å²) in [7, 11) is 1.95. The highest BCUT2D eigenvalue weighted by molar-refractivity contribution is 6.31. The Labute approximate surface area is 114 Å². The quantitative estimate of drug-likeness (QED) is 0.892. The Morgan fingerprint density at radius 3 is 2.89 bits per heavy atom. The first kappa shape index (κ1) is 13.8. The van der Waals surface area contributed by atoms with Crippen LogP contribution in [0.3, 0.4) is 0 Å². The predicted octanol–water partition coefficient (Wildman–Crippen LogP) is 2.15. The molecule has 0 aromatic carbocycles. The van der Waals surface area contributed by atoms with E-state index in [0.29, 0.717) is 12.0 Å². The highest BCUT2D eigenvalue weighted by Gasteiger charge is 2.23. The molecule has 0 bridgehead atoms. The molecule has 0 aliphatic carbocycles. The first-order valence-electron chi connectivity index (χ1n) is 6.66. The topological polar surface area (TPSA) is 39.1 Å². The highest BCUT2D eigenvalue weighted by Crippen LogP contribution is 2.22. The van der Waals surface area contributed by atoms with Gasteiger partial charge in [-0.2, -0.15) is 5.10 Å². The average Bonchev–Trinajstić information content (AvgIpc) is 2.87. The molecule has 5 heteroatoms. The Hall–Kier alpha value is -0.580. The van der Waals surface area contributed by atoms with Gasteiger partial charge in [0.15, 0.2) is 0 Å². The lowest BCUT2D eigenvalue weighted by Gasteiger charge is -2.14. The standard InChI is InChI=1S/C13H22ClN3O/c1-4-11-13(14)12(17(3)16-11)8-15-7-10-5-6-18-9(10)2/h9-10,15H,4-8H2,1-3H3. The van der Waals surface area contributed by atoms with Crippen LogP contribution in [0.15, 0.2) is 0 Å². The summed E-state index contributed by atoms with van der Waals surface area (Å²) < 4.78 is 7.43. The molecule has 1 saturated heterocycles. The Bertz CT molecular complexity index is 405. The second-order valence-corrected chi connectivity index (χ2v) is 5.32. The van der Waals surface area contributed by atoms with Gasteiger partial charge < -0.3 is 10.1 Å². The maximum atomic E-state index is 6.31. The number of rotatable bonds is 5. The molecule has 0 amide bonds. The third-order valence-corrected chi connectivity index (χ3v) is 4.17. The summed E-state index contributed by atoms with van der Waals surface area (Å²) in [6.45, 7) is 6.85. The van der Waals surface area contributed by atoms with E-state index in [4.69, 9.17) is 16.3 Å². The fourth-order valence-electron chi connectivity index (χ4n) is 2.43. The van der Waals surface area contributed by atoms with Crippen molar-refractivity contribution in [2.75, 3.05) is 13.2 Å². The van der Waals surface area contributed by atoms with E-state index in [1.54, 1.807) is 0 Å². The SMILES string of the molecule is CCc1nn(C)c(CNCC2CCOC2C)c1Cl. The van der Waals surface area contributed by atoms with Crippen molar-refractivity contribution in [2.45, 2.75) is 39.3 Å². The van der Waals surface area contributed by atoms with Crippen molar-refractivity contribution in [3.05, 3.63) is 16.4 Å². The molecule has 0 radical (unpaired) electrons. The molecule has 2 rings (SSSR count). The maximum absolute atomic E-state index is 6.31. The van der Waals surface area contributed by atoms with Gasteiger partial charge in [-0.3, -0.25) is 4.68 Å². The lowest BCUT2D eigenvalue weighted by molar-refractivity contribution is 0.105. The molecule has 1 aliphatic heterocycles. The van der Waals surface area contributed by atoms with Gasteiger partial charge in [0.25, 0.3) is 0 Å². The molecule has 1 aromatic rings. The normalized spacial score (nSPS) is 23.8. The zero-order valence-electron chi connectivity index (χ0n) is 11.4. The minimum atomic E-state index is 0.366. The van der Waals surface area contributed by atoms with Crippen LogP contribution in [0.1, 0.15) is 31.7 Å². The number of hydrogen-bond acceptors (Lipinski definition) is 3. The maximum Gasteiger partial charge on any atom is 0.0863 e. The van der Waals surface area contributed by atoms with Crippen LogP contribution in [0.5, 0.6) is 0 Å². The van der Waals surface area contributed by atoms with Crippen LogP contribution in [-0.2, 0) is 24.8 Å². The van der Waals surface area contributed by atoms with Crippen molar-refractivity contribution in [1.82, 2.24) is 15.1 Å². The van der Waals surface area contributed by atoms with Gasteiger partial charge in [0, 0.05) is 26.7 Å². The van der Waals surface area contributed by atoms with E-state index in [0.717, 1.165) is 48.9 Å². The molecule has 2 unspecified atom stereocenters. The van der Waals surface area contributed by atoms with Crippen molar-refractivity contribution in [1.29, 1.82) is 0 Å². The zero-order valence-corrected chi connectivity index (χ0v) is 12.1. The van der Waals surface area contributed by atoms with Crippen molar-refractivity contribution in [3.63, 3.8) is 0 Å². The number of hydrogen-bond donors (Lipinski definition) is 1. The first-order chi connectivity index (χ1) is 8.63. The van der Waals surface area contributed by atoms with Crippen LogP contribution in [-0.4, -0.2) is 29.0 Å². The van der Waals surface area contributed by atoms with Gasteiger partial charge in [0.05, 0.1) is 22.5 Å². The molecule has 1 N–H and O–H groups in total. The second kappa shape index (κ2) is 6.04. The van der Waals surface area contributed by atoms with E-state index in [1.807, 2.05) is 11.7 Å². The number of nitrogens with one attached hydrogen (secondary N) is 1. The minimum Gasteiger partial charge on any atom is -0.378 e. The Morgan fingerprint density at radius 2 is 2.33 bits per heavy atom.